The van der Waals surface area contributed by atoms with Gasteiger partial charge in [-0.05, 0) is 48.8 Å². The van der Waals surface area contributed by atoms with Crippen LogP contribution in [0.2, 0.25) is 0 Å². The Labute approximate surface area is 121 Å². The van der Waals surface area contributed by atoms with Gasteiger partial charge in [0.1, 0.15) is 5.75 Å². The molecule has 3 rings (SSSR count). The summed E-state index contributed by atoms with van der Waals surface area (Å²) in [5.41, 5.74) is 5.10. The molecule has 0 fully saturated rings. The lowest BCUT2D eigenvalue weighted by atomic mass is 9.87. The standard InChI is InChI=1S/C18H23NO/c1-18(2,3)13-8-10-14(11-9-13)19-12-17(20)15-6-4-5-7-16(15)19/h8-12,20H,4-7H2,1-3H3. The van der Waals surface area contributed by atoms with E-state index in [1.807, 2.05) is 6.20 Å². The summed E-state index contributed by atoms with van der Waals surface area (Å²) in [4.78, 5) is 0. The second-order valence-corrected chi connectivity index (χ2v) is 6.81. The normalized spacial score (nSPS) is 15.2. The molecule has 0 saturated carbocycles. The first-order chi connectivity index (χ1) is 9.47. The predicted octanol–water partition coefficient (Wildman–Crippen LogP) is 4.36. The highest BCUT2D eigenvalue weighted by Crippen LogP contribution is 2.33. The van der Waals surface area contributed by atoms with E-state index in [0.29, 0.717) is 5.75 Å². The van der Waals surface area contributed by atoms with E-state index < -0.39 is 0 Å². The molecule has 0 aliphatic heterocycles. The van der Waals surface area contributed by atoms with Crippen molar-refractivity contribution in [1.29, 1.82) is 0 Å². The van der Waals surface area contributed by atoms with Gasteiger partial charge in [-0.15, -0.1) is 0 Å². The number of fused-ring (bicyclic) bond motifs is 1. The summed E-state index contributed by atoms with van der Waals surface area (Å²) in [7, 11) is 0. The van der Waals surface area contributed by atoms with Crippen molar-refractivity contribution in [1.82, 2.24) is 4.57 Å². The number of hydrogen-bond acceptors (Lipinski definition) is 1. The molecule has 0 saturated heterocycles. The summed E-state index contributed by atoms with van der Waals surface area (Å²) in [5, 5.41) is 10.1. The molecule has 20 heavy (non-hydrogen) atoms. The van der Waals surface area contributed by atoms with E-state index in [9.17, 15) is 5.11 Å². The highest BCUT2D eigenvalue weighted by atomic mass is 16.3. The van der Waals surface area contributed by atoms with E-state index in [4.69, 9.17) is 0 Å². The van der Waals surface area contributed by atoms with E-state index in [0.717, 1.165) is 24.1 Å². The quantitative estimate of drug-likeness (QED) is 0.817. The molecule has 106 valence electrons. The molecule has 0 unspecified atom stereocenters. The van der Waals surface area contributed by atoms with Gasteiger partial charge in [0.15, 0.2) is 0 Å². The SMILES string of the molecule is CC(C)(C)c1ccc(-n2cc(O)c3c2CCCC3)cc1. The van der Waals surface area contributed by atoms with Crippen LogP contribution in [0.15, 0.2) is 30.5 Å². The van der Waals surface area contributed by atoms with Crippen molar-refractivity contribution in [2.24, 2.45) is 0 Å². The van der Waals surface area contributed by atoms with Gasteiger partial charge in [0.05, 0.1) is 6.20 Å². The van der Waals surface area contributed by atoms with Crippen molar-refractivity contribution >= 4 is 0 Å². The van der Waals surface area contributed by atoms with Crippen molar-refractivity contribution in [3.8, 4) is 11.4 Å². The first-order valence-corrected chi connectivity index (χ1v) is 7.50. The Morgan fingerprint density at radius 3 is 2.30 bits per heavy atom. The van der Waals surface area contributed by atoms with Gasteiger partial charge in [0.2, 0.25) is 0 Å². The molecule has 0 atom stereocenters. The lowest BCUT2D eigenvalue weighted by molar-refractivity contribution is 0.466. The van der Waals surface area contributed by atoms with Crippen LogP contribution in [0.4, 0.5) is 0 Å². The first kappa shape index (κ1) is 13.3. The molecule has 1 aromatic heterocycles. The molecule has 0 bridgehead atoms. The number of hydrogen-bond donors (Lipinski definition) is 1. The highest BCUT2D eigenvalue weighted by molar-refractivity contribution is 5.47. The molecular weight excluding hydrogens is 246 g/mol. The van der Waals surface area contributed by atoms with Crippen molar-refractivity contribution in [3.05, 3.63) is 47.3 Å². The van der Waals surface area contributed by atoms with E-state index in [-0.39, 0.29) is 5.41 Å². The number of rotatable bonds is 1. The number of aromatic hydroxyl groups is 1. The van der Waals surface area contributed by atoms with Crippen molar-refractivity contribution < 1.29 is 5.11 Å². The van der Waals surface area contributed by atoms with Crippen molar-refractivity contribution in [2.75, 3.05) is 0 Å². The minimum absolute atomic E-state index is 0.177. The Hall–Kier alpha value is -1.70. The largest absolute Gasteiger partial charge is 0.506 e. The lowest BCUT2D eigenvalue weighted by Crippen LogP contribution is -2.11. The Bertz CT molecular complexity index is 614. The third kappa shape index (κ3) is 2.24. The van der Waals surface area contributed by atoms with Crippen LogP contribution in [0.25, 0.3) is 5.69 Å². The van der Waals surface area contributed by atoms with Crippen molar-refractivity contribution in [2.45, 2.75) is 51.9 Å². The van der Waals surface area contributed by atoms with Gasteiger partial charge >= 0.3 is 0 Å². The summed E-state index contributed by atoms with van der Waals surface area (Å²) in [6.07, 6.45) is 6.36. The zero-order valence-corrected chi connectivity index (χ0v) is 12.6. The van der Waals surface area contributed by atoms with Crippen LogP contribution in [-0.2, 0) is 18.3 Å². The van der Waals surface area contributed by atoms with E-state index in [2.05, 4.69) is 49.6 Å². The van der Waals surface area contributed by atoms with Crippen LogP contribution in [0.3, 0.4) is 0 Å². The fourth-order valence-electron chi connectivity index (χ4n) is 3.06. The Morgan fingerprint density at radius 1 is 1.00 bits per heavy atom. The second kappa shape index (κ2) is 4.69. The van der Waals surface area contributed by atoms with Gasteiger partial charge in [-0.1, -0.05) is 32.9 Å². The van der Waals surface area contributed by atoms with E-state index >= 15 is 0 Å². The fourth-order valence-corrected chi connectivity index (χ4v) is 3.06. The molecule has 1 aliphatic carbocycles. The predicted molar refractivity (Wildman–Crippen MR) is 82.8 cm³/mol. The molecule has 2 aromatic rings. The summed E-state index contributed by atoms with van der Waals surface area (Å²) in [5.74, 6) is 0.458. The number of nitrogens with zero attached hydrogens (tertiary/aromatic N) is 1. The molecule has 0 amide bonds. The van der Waals surface area contributed by atoms with E-state index in [1.165, 1.54) is 24.1 Å². The van der Waals surface area contributed by atoms with Crippen LogP contribution in [0, 0.1) is 0 Å². The van der Waals surface area contributed by atoms with Crippen LogP contribution >= 0.6 is 0 Å². The number of benzene rings is 1. The van der Waals surface area contributed by atoms with Gasteiger partial charge in [0.25, 0.3) is 0 Å². The molecular formula is C18H23NO. The average molecular weight is 269 g/mol. The van der Waals surface area contributed by atoms with Gasteiger partial charge < -0.3 is 9.67 Å². The lowest BCUT2D eigenvalue weighted by Gasteiger charge is -2.20. The van der Waals surface area contributed by atoms with Gasteiger partial charge in [-0.25, -0.2) is 0 Å². The first-order valence-electron chi connectivity index (χ1n) is 7.50. The molecule has 2 nitrogen and oxygen atoms in total. The van der Waals surface area contributed by atoms with Crippen LogP contribution in [0.1, 0.15) is 50.4 Å². The zero-order valence-electron chi connectivity index (χ0n) is 12.6. The molecule has 0 radical (unpaired) electrons. The maximum atomic E-state index is 10.1. The molecule has 1 N–H and O–H groups in total. The summed E-state index contributed by atoms with van der Waals surface area (Å²) < 4.78 is 2.16. The third-order valence-electron chi connectivity index (χ3n) is 4.30. The van der Waals surface area contributed by atoms with Crippen LogP contribution < -0.4 is 0 Å². The maximum absolute atomic E-state index is 10.1. The van der Waals surface area contributed by atoms with Gasteiger partial charge in [-0.2, -0.15) is 0 Å². The number of aromatic nitrogens is 1. The summed E-state index contributed by atoms with van der Waals surface area (Å²) >= 11 is 0. The molecule has 1 aliphatic rings. The molecule has 2 heteroatoms. The maximum Gasteiger partial charge on any atom is 0.137 e. The Morgan fingerprint density at radius 2 is 1.65 bits per heavy atom. The fraction of sp³-hybridized carbons (Fsp3) is 0.444. The summed E-state index contributed by atoms with van der Waals surface area (Å²) in [6.45, 7) is 6.68. The average Bonchev–Trinajstić information content (AvgIpc) is 2.76. The minimum atomic E-state index is 0.177. The second-order valence-electron chi connectivity index (χ2n) is 6.81. The minimum Gasteiger partial charge on any atom is -0.506 e. The molecule has 1 heterocycles. The van der Waals surface area contributed by atoms with Crippen LogP contribution in [-0.4, -0.2) is 9.67 Å². The molecule has 1 aromatic carbocycles. The smallest absolute Gasteiger partial charge is 0.137 e. The Balaban J connectivity index is 2.01. The van der Waals surface area contributed by atoms with Crippen molar-refractivity contribution in [3.63, 3.8) is 0 Å². The monoisotopic (exact) mass is 269 g/mol. The van der Waals surface area contributed by atoms with Gasteiger partial charge in [0, 0.05) is 16.9 Å². The summed E-state index contributed by atoms with van der Waals surface area (Å²) in [6, 6.07) is 8.72. The highest BCUT2D eigenvalue weighted by Gasteiger charge is 2.20. The zero-order chi connectivity index (χ0) is 14.3. The van der Waals surface area contributed by atoms with Crippen LogP contribution in [0.5, 0.6) is 5.75 Å². The topological polar surface area (TPSA) is 25.2 Å². The third-order valence-corrected chi connectivity index (χ3v) is 4.30. The molecule has 0 spiro atoms. The van der Waals surface area contributed by atoms with Gasteiger partial charge in [-0.3, -0.25) is 0 Å². The Kier molecular flexibility index (Phi) is 3.12. The van der Waals surface area contributed by atoms with E-state index in [1.54, 1.807) is 0 Å².